The average Bonchev–Trinajstić information content (AvgIpc) is 3.50. The van der Waals surface area contributed by atoms with Gasteiger partial charge in [0.1, 0.15) is 23.2 Å². The molecule has 0 saturated heterocycles. The number of hydrogen-bond acceptors (Lipinski definition) is 4. The number of nitrogens with one attached hydrogen (secondary N) is 1. The Bertz CT molecular complexity index is 2460. The molecule has 0 saturated carbocycles. The highest BCUT2D eigenvalue weighted by atomic mass is 16.3. The molecule has 9 rings (SSSR count). The monoisotopic (exact) mass is 577 g/mol. The summed E-state index contributed by atoms with van der Waals surface area (Å²) in [4.78, 5) is 10.1. The zero-order valence-corrected chi connectivity index (χ0v) is 24.3. The lowest BCUT2D eigenvalue weighted by Crippen LogP contribution is -2.33. The van der Waals surface area contributed by atoms with Gasteiger partial charge in [0, 0.05) is 27.5 Å². The number of nitrogens with zero attached hydrogens (tertiary/aromatic N) is 2. The Kier molecular flexibility index (Phi) is 5.85. The zero-order chi connectivity index (χ0) is 29.7. The Morgan fingerprint density at radius 1 is 0.511 bits per heavy atom. The number of furan rings is 1. The van der Waals surface area contributed by atoms with Crippen molar-refractivity contribution in [2.45, 2.75) is 6.17 Å². The van der Waals surface area contributed by atoms with Crippen LogP contribution in [-0.2, 0) is 0 Å². The fourth-order valence-electron chi connectivity index (χ4n) is 6.55. The predicted molar refractivity (Wildman–Crippen MR) is 186 cm³/mol. The van der Waals surface area contributed by atoms with E-state index in [1.54, 1.807) is 0 Å². The van der Waals surface area contributed by atoms with Crippen LogP contribution in [0.1, 0.15) is 22.9 Å². The molecule has 212 valence electrons. The molecule has 0 radical (unpaired) electrons. The van der Waals surface area contributed by atoms with Gasteiger partial charge in [-0.3, -0.25) is 0 Å². The molecule has 1 aromatic heterocycles. The standard InChI is InChI=1S/C41H27N3O/c1-3-12-26(13-4-1)39-42-40(27-14-5-2-6-15-27)44-41(43-39)29-22-23-33-34-20-11-21-35(38(34)45-37(33)25-29)36-24-28-16-7-8-17-30(28)31-18-9-10-19-32(31)36/h1-25,39H,(H,42,43,44). The number of amidine groups is 2. The number of para-hydroxylation sites is 1. The molecule has 1 unspecified atom stereocenters. The van der Waals surface area contributed by atoms with Crippen LogP contribution in [-0.4, -0.2) is 11.7 Å². The molecule has 0 spiro atoms. The number of benzene rings is 7. The average molecular weight is 578 g/mol. The Labute approximate surface area is 260 Å². The van der Waals surface area contributed by atoms with E-state index in [-0.39, 0.29) is 6.17 Å². The van der Waals surface area contributed by atoms with Crippen molar-refractivity contribution in [3.8, 4) is 11.1 Å². The van der Waals surface area contributed by atoms with Crippen molar-refractivity contribution in [1.29, 1.82) is 0 Å². The molecule has 2 heterocycles. The van der Waals surface area contributed by atoms with Crippen LogP contribution in [0.5, 0.6) is 0 Å². The quantitative estimate of drug-likeness (QED) is 0.212. The minimum Gasteiger partial charge on any atom is -0.455 e. The molecule has 0 aliphatic carbocycles. The molecule has 1 aliphatic rings. The van der Waals surface area contributed by atoms with Crippen molar-refractivity contribution in [2.24, 2.45) is 9.98 Å². The van der Waals surface area contributed by atoms with Gasteiger partial charge in [-0.1, -0.05) is 133 Å². The van der Waals surface area contributed by atoms with Crippen molar-refractivity contribution >= 4 is 55.2 Å². The van der Waals surface area contributed by atoms with E-state index in [1.807, 2.05) is 36.4 Å². The van der Waals surface area contributed by atoms with Gasteiger partial charge < -0.3 is 9.73 Å². The Morgan fingerprint density at radius 3 is 2.07 bits per heavy atom. The molecule has 1 aliphatic heterocycles. The van der Waals surface area contributed by atoms with E-state index in [2.05, 4.69) is 121 Å². The largest absolute Gasteiger partial charge is 0.455 e. The molecule has 1 atom stereocenters. The smallest absolute Gasteiger partial charge is 0.159 e. The van der Waals surface area contributed by atoms with Crippen LogP contribution in [0.25, 0.3) is 54.6 Å². The first kappa shape index (κ1) is 25.5. The molecule has 45 heavy (non-hydrogen) atoms. The van der Waals surface area contributed by atoms with Gasteiger partial charge in [0.05, 0.1) is 0 Å². The lowest BCUT2D eigenvalue weighted by Gasteiger charge is -2.23. The van der Waals surface area contributed by atoms with E-state index in [9.17, 15) is 0 Å². The fraction of sp³-hybridized carbons (Fsp3) is 0.0244. The second-order valence-electron chi connectivity index (χ2n) is 11.4. The van der Waals surface area contributed by atoms with Crippen molar-refractivity contribution in [2.75, 3.05) is 0 Å². The van der Waals surface area contributed by atoms with E-state index in [0.29, 0.717) is 5.84 Å². The lowest BCUT2D eigenvalue weighted by molar-refractivity contribution is 0.668. The Morgan fingerprint density at radius 2 is 1.22 bits per heavy atom. The van der Waals surface area contributed by atoms with Gasteiger partial charge in [-0.05, 0) is 50.9 Å². The van der Waals surface area contributed by atoms with Crippen molar-refractivity contribution in [3.63, 3.8) is 0 Å². The highest BCUT2D eigenvalue weighted by Gasteiger charge is 2.22. The first-order chi connectivity index (χ1) is 22.3. The van der Waals surface area contributed by atoms with E-state index in [1.165, 1.54) is 27.1 Å². The molecule has 4 nitrogen and oxygen atoms in total. The highest BCUT2D eigenvalue weighted by molar-refractivity contribution is 6.19. The number of aliphatic imine (C=N–C) groups is 2. The van der Waals surface area contributed by atoms with Crippen LogP contribution in [0.4, 0.5) is 0 Å². The summed E-state index contributed by atoms with van der Waals surface area (Å²) in [5, 5.41) is 10.6. The van der Waals surface area contributed by atoms with Crippen LogP contribution in [0.15, 0.2) is 166 Å². The number of hydrogen-bond donors (Lipinski definition) is 1. The van der Waals surface area contributed by atoms with E-state index in [0.717, 1.165) is 50.0 Å². The van der Waals surface area contributed by atoms with Gasteiger partial charge in [-0.2, -0.15) is 0 Å². The maximum atomic E-state index is 6.73. The SMILES string of the molecule is c1ccc(C2=NC(c3ccc4c(c3)oc3c(-c5cc6ccccc6c6ccccc56)cccc34)=NC(c3ccccc3)N2)cc1. The third-order valence-electron chi connectivity index (χ3n) is 8.72. The normalized spacial score (nSPS) is 14.9. The number of rotatable bonds is 4. The van der Waals surface area contributed by atoms with Crippen LogP contribution in [0.3, 0.4) is 0 Å². The van der Waals surface area contributed by atoms with Crippen molar-refractivity contribution in [1.82, 2.24) is 5.32 Å². The summed E-state index contributed by atoms with van der Waals surface area (Å²) < 4.78 is 6.73. The van der Waals surface area contributed by atoms with Gasteiger partial charge in [-0.25, -0.2) is 9.98 Å². The lowest BCUT2D eigenvalue weighted by atomic mass is 9.92. The summed E-state index contributed by atoms with van der Waals surface area (Å²) in [6.07, 6.45) is -0.256. The molecule has 0 amide bonds. The Balaban J connectivity index is 1.21. The minimum absolute atomic E-state index is 0.256. The summed E-state index contributed by atoms with van der Waals surface area (Å²) >= 11 is 0. The van der Waals surface area contributed by atoms with Gasteiger partial charge in [-0.15, -0.1) is 0 Å². The van der Waals surface area contributed by atoms with Crippen LogP contribution in [0, 0.1) is 0 Å². The fourth-order valence-corrected chi connectivity index (χ4v) is 6.55. The molecule has 0 bridgehead atoms. The molecule has 8 aromatic rings. The molecular weight excluding hydrogens is 550 g/mol. The van der Waals surface area contributed by atoms with Crippen LogP contribution >= 0.6 is 0 Å². The van der Waals surface area contributed by atoms with Crippen LogP contribution in [0.2, 0.25) is 0 Å². The second kappa shape index (κ2) is 10.3. The molecule has 0 fully saturated rings. The molecule has 4 heteroatoms. The maximum Gasteiger partial charge on any atom is 0.159 e. The summed E-state index contributed by atoms with van der Waals surface area (Å²) in [6.45, 7) is 0. The highest BCUT2D eigenvalue weighted by Crippen LogP contribution is 2.41. The summed E-state index contributed by atoms with van der Waals surface area (Å²) in [5.74, 6) is 1.47. The van der Waals surface area contributed by atoms with Gasteiger partial charge in [0.25, 0.3) is 0 Å². The van der Waals surface area contributed by atoms with Gasteiger partial charge in [0.15, 0.2) is 5.84 Å². The second-order valence-corrected chi connectivity index (χ2v) is 11.4. The molecule has 1 N–H and O–H groups in total. The summed E-state index contributed by atoms with van der Waals surface area (Å²) in [5.41, 5.74) is 6.95. The topological polar surface area (TPSA) is 49.9 Å². The molecule has 7 aromatic carbocycles. The first-order valence-electron chi connectivity index (χ1n) is 15.2. The van der Waals surface area contributed by atoms with Gasteiger partial charge in [0.2, 0.25) is 0 Å². The van der Waals surface area contributed by atoms with E-state index < -0.39 is 0 Å². The van der Waals surface area contributed by atoms with E-state index in [4.69, 9.17) is 14.4 Å². The third kappa shape index (κ3) is 4.30. The molecular formula is C41H27N3O. The van der Waals surface area contributed by atoms with Crippen molar-refractivity contribution < 1.29 is 4.42 Å². The Hall–Kier alpha value is -6.00. The first-order valence-corrected chi connectivity index (χ1v) is 15.2. The minimum atomic E-state index is -0.256. The number of fused-ring (bicyclic) bond motifs is 6. The van der Waals surface area contributed by atoms with Crippen molar-refractivity contribution in [3.05, 3.63) is 168 Å². The summed E-state index contributed by atoms with van der Waals surface area (Å²) in [7, 11) is 0. The van der Waals surface area contributed by atoms with E-state index >= 15 is 0 Å². The van der Waals surface area contributed by atoms with Crippen LogP contribution < -0.4 is 5.32 Å². The van der Waals surface area contributed by atoms with Gasteiger partial charge >= 0.3 is 0 Å². The summed E-state index contributed by atoms with van der Waals surface area (Å²) in [6, 6.07) is 52.8. The third-order valence-corrected chi connectivity index (χ3v) is 8.72. The maximum absolute atomic E-state index is 6.73. The zero-order valence-electron chi connectivity index (χ0n) is 24.3. The predicted octanol–water partition coefficient (Wildman–Crippen LogP) is 10.1.